The first-order valence-corrected chi connectivity index (χ1v) is 9.33. The van der Waals surface area contributed by atoms with Crippen molar-refractivity contribution in [3.63, 3.8) is 0 Å². The van der Waals surface area contributed by atoms with Gasteiger partial charge in [0.2, 0.25) is 5.78 Å². The second kappa shape index (κ2) is 7.80. The number of esters is 1. The third-order valence-electron chi connectivity index (χ3n) is 4.95. The SMILES string of the molecule is COc1ccc(C(=O)[C@@H](C)OC(=O)C2c3ccccc3Oc3ccccc32)cc1. The van der Waals surface area contributed by atoms with Gasteiger partial charge in [-0.25, -0.2) is 0 Å². The number of fused-ring (bicyclic) bond motifs is 2. The van der Waals surface area contributed by atoms with Gasteiger partial charge in [-0.15, -0.1) is 0 Å². The van der Waals surface area contributed by atoms with Crippen LogP contribution in [-0.4, -0.2) is 25.0 Å². The lowest BCUT2D eigenvalue weighted by Gasteiger charge is -2.27. The smallest absolute Gasteiger partial charge is 0.318 e. The summed E-state index contributed by atoms with van der Waals surface area (Å²) in [6, 6.07) is 21.4. The Balaban J connectivity index is 1.59. The Morgan fingerprint density at radius 1 is 0.862 bits per heavy atom. The number of Topliss-reactive ketones (excluding diaryl/α,β-unsaturated/α-hetero) is 1. The van der Waals surface area contributed by atoms with Crippen molar-refractivity contribution in [1.29, 1.82) is 0 Å². The first-order valence-electron chi connectivity index (χ1n) is 9.33. The molecule has 0 aromatic heterocycles. The van der Waals surface area contributed by atoms with Crippen molar-refractivity contribution < 1.29 is 23.8 Å². The average molecular weight is 388 g/mol. The summed E-state index contributed by atoms with van der Waals surface area (Å²) >= 11 is 0. The first kappa shape index (κ1) is 18.7. The van der Waals surface area contributed by atoms with E-state index in [0.717, 1.165) is 11.1 Å². The van der Waals surface area contributed by atoms with Crippen LogP contribution in [0.25, 0.3) is 0 Å². The molecule has 3 aromatic rings. The minimum absolute atomic E-state index is 0.269. The van der Waals surface area contributed by atoms with Crippen LogP contribution in [0.4, 0.5) is 0 Å². The fraction of sp³-hybridized carbons (Fsp3) is 0.167. The lowest BCUT2D eigenvalue weighted by atomic mass is 9.88. The molecule has 0 saturated carbocycles. The van der Waals surface area contributed by atoms with Crippen LogP contribution in [0.3, 0.4) is 0 Å². The van der Waals surface area contributed by atoms with Crippen molar-refractivity contribution in [2.45, 2.75) is 18.9 Å². The van der Waals surface area contributed by atoms with Crippen molar-refractivity contribution in [1.82, 2.24) is 0 Å². The zero-order chi connectivity index (χ0) is 20.4. The van der Waals surface area contributed by atoms with Gasteiger partial charge < -0.3 is 14.2 Å². The highest BCUT2D eigenvalue weighted by molar-refractivity contribution is 6.00. The molecule has 1 aliphatic rings. The molecular formula is C24H20O5. The van der Waals surface area contributed by atoms with Crippen LogP contribution in [-0.2, 0) is 9.53 Å². The number of hydrogen-bond donors (Lipinski definition) is 0. The molecule has 0 amide bonds. The number of hydrogen-bond acceptors (Lipinski definition) is 5. The molecule has 0 spiro atoms. The summed E-state index contributed by atoms with van der Waals surface area (Å²) in [5.41, 5.74) is 1.90. The lowest BCUT2D eigenvalue weighted by Crippen LogP contribution is -2.29. The zero-order valence-corrected chi connectivity index (χ0v) is 16.1. The standard InChI is InChI=1S/C24H20O5/c1-15(23(25)16-11-13-17(27-2)14-12-16)28-24(26)22-18-7-3-5-9-20(18)29-21-10-6-4-8-19(21)22/h3-15,22H,1-2H3/t15-/m1/s1. The summed E-state index contributed by atoms with van der Waals surface area (Å²) < 4.78 is 16.6. The highest BCUT2D eigenvalue weighted by atomic mass is 16.5. The third kappa shape index (κ3) is 3.59. The number of rotatable bonds is 5. The van der Waals surface area contributed by atoms with E-state index in [-0.39, 0.29) is 5.78 Å². The largest absolute Gasteiger partial charge is 0.497 e. The van der Waals surface area contributed by atoms with Crippen LogP contribution >= 0.6 is 0 Å². The molecule has 0 unspecified atom stereocenters. The van der Waals surface area contributed by atoms with E-state index in [1.165, 1.54) is 0 Å². The van der Waals surface area contributed by atoms with Gasteiger partial charge in [0.25, 0.3) is 0 Å². The van der Waals surface area contributed by atoms with Gasteiger partial charge in [-0.2, -0.15) is 0 Å². The quantitative estimate of drug-likeness (QED) is 0.466. The van der Waals surface area contributed by atoms with E-state index in [9.17, 15) is 9.59 Å². The number of methoxy groups -OCH3 is 1. The topological polar surface area (TPSA) is 61.8 Å². The maximum absolute atomic E-state index is 13.1. The highest BCUT2D eigenvalue weighted by Crippen LogP contribution is 2.44. The summed E-state index contributed by atoms with van der Waals surface area (Å²) in [6.07, 6.45) is -0.918. The van der Waals surface area contributed by atoms with Gasteiger partial charge in [-0.05, 0) is 43.3 Å². The van der Waals surface area contributed by atoms with E-state index in [2.05, 4.69) is 0 Å². The van der Waals surface area contributed by atoms with Crippen molar-refractivity contribution in [2.24, 2.45) is 0 Å². The fourth-order valence-electron chi connectivity index (χ4n) is 3.45. The summed E-state index contributed by atoms with van der Waals surface area (Å²) in [7, 11) is 1.56. The number of ketones is 1. The molecule has 1 aliphatic heterocycles. The third-order valence-corrected chi connectivity index (χ3v) is 4.95. The Morgan fingerprint density at radius 2 is 1.41 bits per heavy atom. The van der Waals surface area contributed by atoms with Gasteiger partial charge in [0.1, 0.15) is 23.2 Å². The molecule has 5 heteroatoms. The Labute approximate surface area is 168 Å². The lowest BCUT2D eigenvalue weighted by molar-refractivity contribution is -0.147. The van der Waals surface area contributed by atoms with Crippen LogP contribution in [0, 0.1) is 0 Å². The Bertz CT molecular complexity index is 1010. The van der Waals surface area contributed by atoms with Gasteiger partial charge in [0.15, 0.2) is 6.10 Å². The minimum Gasteiger partial charge on any atom is -0.497 e. The predicted molar refractivity (Wildman–Crippen MR) is 108 cm³/mol. The fourth-order valence-corrected chi connectivity index (χ4v) is 3.45. The molecule has 3 aromatic carbocycles. The number of carbonyl (C=O) groups is 2. The molecule has 0 radical (unpaired) electrons. The Kier molecular flexibility index (Phi) is 5.04. The van der Waals surface area contributed by atoms with Crippen LogP contribution in [0.15, 0.2) is 72.8 Å². The van der Waals surface area contributed by atoms with Gasteiger partial charge in [0, 0.05) is 16.7 Å². The van der Waals surface area contributed by atoms with Gasteiger partial charge >= 0.3 is 5.97 Å². The highest BCUT2D eigenvalue weighted by Gasteiger charge is 2.35. The molecule has 4 rings (SSSR count). The van der Waals surface area contributed by atoms with E-state index in [1.54, 1.807) is 38.3 Å². The van der Waals surface area contributed by atoms with E-state index in [0.29, 0.717) is 22.8 Å². The molecule has 0 bridgehead atoms. The summed E-state index contributed by atoms with van der Waals surface area (Å²) in [4.78, 5) is 25.8. The maximum atomic E-state index is 13.1. The summed E-state index contributed by atoms with van der Waals surface area (Å²) in [5, 5.41) is 0. The summed E-state index contributed by atoms with van der Waals surface area (Å²) in [6.45, 7) is 1.58. The first-order chi connectivity index (χ1) is 14.1. The number of carbonyl (C=O) groups excluding carboxylic acids is 2. The van der Waals surface area contributed by atoms with E-state index in [4.69, 9.17) is 14.2 Å². The van der Waals surface area contributed by atoms with Crippen molar-refractivity contribution >= 4 is 11.8 Å². The molecule has 5 nitrogen and oxygen atoms in total. The molecular weight excluding hydrogens is 368 g/mol. The molecule has 29 heavy (non-hydrogen) atoms. The predicted octanol–water partition coefficient (Wildman–Crippen LogP) is 4.75. The van der Waals surface area contributed by atoms with E-state index < -0.39 is 18.0 Å². The Morgan fingerprint density at radius 3 is 1.97 bits per heavy atom. The maximum Gasteiger partial charge on any atom is 0.318 e. The molecule has 0 saturated heterocycles. The van der Waals surface area contributed by atoms with Crippen molar-refractivity contribution in [2.75, 3.05) is 7.11 Å². The van der Waals surface area contributed by atoms with Gasteiger partial charge in [-0.1, -0.05) is 36.4 Å². The molecule has 146 valence electrons. The molecule has 1 atom stereocenters. The molecule has 1 heterocycles. The second-order valence-electron chi connectivity index (χ2n) is 6.78. The van der Waals surface area contributed by atoms with Crippen LogP contribution in [0.1, 0.15) is 34.3 Å². The average Bonchev–Trinajstić information content (AvgIpc) is 2.76. The molecule has 0 N–H and O–H groups in total. The minimum atomic E-state index is -0.918. The number of para-hydroxylation sites is 2. The number of ether oxygens (including phenoxy) is 3. The molecule has 0 fully saturated rings. The van der Waals surface area contributed by atoms with E-state index >= 15 is 0 Å². The van der Waals surface area contributed by atoms with E-state index in [1.807, 2.05) is 48.5 Å². The monoisotopic (exact) mass is 388 g/mol. The normalized spacial score (nSPS) is 13.4. The van der Waals surface area contributed by atoms with Crippen LogP contribution < -0.4 is 9.47 Å². The second-order valence-corrected chi connectivity index (χ2v) is 6.78. The summed E-state index contributed by atoms with van der Waals surface area (Å²) in [5.74, 6) is 0.477. The number of benzene rings is 3. The molecule has 0 aliphatic carbocycles. The van der Waals surface area contributed by atoms with Crippen molar-refractivity contribution in [3.05, 3.63) is 89.5 Å². The Hall–Kier alpha value is -3.60. The van der Waals surface area contributed by atoms with Gasteiger partial charge in [0.05, 0.1) is 7.11 Å². The zero-order valence-electron chi connectivity index (χ0n) is 16.1. The van der Waals surface area contributed by atoms with Gasteiger partial charge in [-0.3, -0.25) is 9.59 Å². The van der Waals surface area contributed by atoms with Crippen molar-refractivity contribution in [3.8, 4) is 17.2 Å². The van der Waals surface area contributed by atoms with Crippen LogP contribution in [0.5, 0.6) is 17.2 Å². The van der Waals surface area contributed by atoms with Crippen LogP contribution in [0.2, 0.25) is 0 Å².